The van der Waals surface area contributed by atoms with Crippen molar-refractivity contribution >= 4 is 5.82 Å². The molecular formula is C5H3F2N5O. The summed E-state index contributed by atoms with van der Waals surface area (Å²) in [6.45, 7) is -2.94. The van der Waals surface area contributed by atoms with Gasteiger partial charge in [-0.3, -0.25) is 0 Å². The lowest BCUT2D eigenvalue weighted by atomic mass is 10.5. The Hall–Kier alpha value is -1.95. The van der Waals surface area contributed by atoms with Crippen molar-refractivity contribution in [2.45, 2.75) is 6.61 Å². The molecule has 8 heteroatoms. The molecule has 0 atom stereocenters. The largest absolute Gasteiger partial charge is 0.415 e. The Kier molecular flexibility index (Phi) is 2.93. The number of halogens is 2. The second-order valence-electron chi connectivity index (χ2n) is 1.80. The van der Waals surface area contributed by atoms with Gasteiger partial charge in [0.2, 0.25) is 5.88 Å². The van der Waals surface area contributed by atoms with Crippen molar-refractivity contribution in [3.63, 3.8) is 0 Å². The average molecular weight is 187 g/mol. The molecule has 0 aromatic carbocycles. The van der Waals surface area contributed by atoms with Crippen LogP contribution in [0.4, 0.5) is 14.6 Å². The number of hydrogen-bond donors (Lipinski definition) is 0. The molecule has 1 aromatic rings. The van der Waals surface area contributed by atoms with Gasteiger partial charge in [-0.2, -0.15) is 8.78 Å². The van der Waals surface area contributed by atoms with Crippen LogP contribution in [0.3, 0.4) is 0 Å². The first-order valence-corrected chi connectivity index (χ1v) is 3.06. The summed E-state index contributed by atoms with van der Waals surface area (Å²) in [4.78, 5) is 2.43. The van der Waals surface area contributed by atoms with E-state index in [2.05, 4.69) is 25.0 Å². The van der Waals surface area contributed by atoms with E-state index >= 15 is 0 Å². The second kappa shape index (κ2) is 4.17. The van der Waals surface area contributed by atoms with Gasteiger partial charge in [0.15, 0.2) is 0 Å². The van der Waals surface area contributed by atoms with E-state index in [1.807, 2.05) is 0 Å². The number of ether oxygens (including phenoxy) is 1. The highest BCUT2D eigenvalue weighted by Crippen LogP contribution is 2.12. The van der Waals surface area contributed by atoms with Crippen LogP contribution >= 0.6 is 0 Å². The van der Waals surface area contributed by atoms with Gasteiger partial charge in [-0.1, -0.05) is 0 Å². The third-order valence-corrected chi connectivity index (χ3v) is 0.983. The summed E-state index contributed by atoms with van der Waals surface area (Å²) in [5, 5.41) is 9.60. The van der Waals surface area contributed by atoms with Gasteiger partial charge in [-0.15, -0.1) is 10.2 Å². The molecule has 68 valence electrons. The Morgan fingerprint density at radius 3 is 2.69 bits per heavy atom. The molecular weight excluding hydrogens is 184 g/mol. The molecule has 13 heavy (non-hydrogen) atoms. The van der Waals surface area contributed by atoms with Crippen LogP contribution < -0.4 is 4.74 Å². The third-order valence-electron chi connectivity index (χ3n) is 0.983. The Balaban J connectivity index is 2.75. The molecule has 0 amide bonds. The number of nitrogens with zero attached hydrogens (tertiary/aromatic N) is 5. The zero-order valence-corrected chi connectivity index (χ0v) is 6.13. The van der Waals surface area contributed by atoms with E-state index in [1.54, 1.807) is 0 Å². The zero-order valence-electron chi connectivity index (χ0n) is 6.13. The molecule has 0 saturated carbocycles. The standard InChI is InChI=1S/C5H3F2N5O/c6-5(7)13-4-2-1-3(9-11-4)10-12-8/h1-2,5H. The Morgan fingerprint density at radius 2 is 2.23 bits per heavy atom. The average Bonchev–Trinajstić information content (AvgIpc) is 2.08. The summed E-state index contributed by atoms with van der Waals surface area (Å²) in [6.07, 6.45) is 0. The summed E-state index contributed by atoms with van der Waals surface area (Å²) >= 11 is 0. The van der Waals surface area contributed by atoms with Crippen LogP contribution in [0.25, 0.3) is 10.4 Å². The minimum Gasteiger partial charge on any atom is -0.415 e. The first kappa shape index (κ1) is 9.14. The van der Waals surface area contributed by atoms with E-state index in [-0.39, 0.29) is 11.7 Å². The smallest absolute Gasteiger partial charge is 0.388 e. The lowest BCUT2D eigenvalue weighted by Crippen LogP contribution is -2.03. The van der Waals surface area contributed by atoms with E-state index in [0.29, 0.717) is 0 Å². The van der Waals surface area contributed by atoms with Crippen LogP contribution in [0, 0.1) is 0 Å². The molecule has 0 unspecified atom stereocenters. The molecule has 0 fully saturated rings. The Labute approximate surface area is 70.8 Å². The molecule has 1 aromatic heterocycles. The fourth-order valence-electron chi connectivity index (χ4n) is 0.566. The van der Waals surface area contributed by atoms with E-state index in [4.69, 9.17) is 5.53 Å². The fourth-order valence-corrected chi connectivity index (χ4v) is 0.566. The molecule has 0 aliphatic heterocycles. The van der Waals surface area contributed by atoms with Gasteiger partial charge in [-0.25, -0.2) is 0 Å². The maximum atomic E-state index is 11.6. The van der Waals surface area contributed by atoms with Gasteiger partial charge in [0.25, 0.3) is 0 Å². The van der Waals surface area contributed by atoms with Gasteiger partial charge in [0.05, 0.1) is 0 Å². The SMILES string of the molecule is [N-]=[N+]=Nc1ccc(OC(F)F)nn1. The summed E-state index contributed by atoms with van der Waals surface area (Å²) in [5.41, 5.74) is 7.97. The van der Waals surface area contributed by atoms with Crippen molar-refractivity contribution in [3.8, 4) is 5.88 Å². The minimum absolute atomic E-state index is 0.0101. The number of azide groups is 1. The predicted molar refractivity (Wildman–Crippen MR) is 37.5 cm³/mol. The number of hydrogen-bond acceptors (Lipinski definition) is 4. The maximum Gasteiger partial charge on any atom is 0.388 e. The monoisotopic (exact) mass is 187 g/mol. The molecule has 0 saturated heterocycles. The molecule has 0 radical (unpaired) electrons. The van der Waals surface area contributed by atoms with E-state index < -0.39 is 6.61 Å². The van der Waals surface area contributed by atoms with Crippen LogP contribution in [0.1, 0.15) is 0 Å². The molecule has 1 rings (SSSR count). The second-order valence-corrected chi connectivity index (χ2v) is 1.80. The predicted octanol–water partition coefficient (Wildman–Crippen LogP) is 2.02. The summed E-state index contributed by atoms with van der Waals surface area (Å²) in [6, 6.07) is 2.34. The summed E-state index contributed by atoms with van der Waals surface area (Å²) in [5.74, 6) is -0.337. The third kappa shape index (κ3) is 2.88. The van der Waals surface area contributed by atoms with Crippen LogP contribution in [0.2, 0.25) is 0 Å². The Morgan fingerprint density at radius 1 is 1.46 bits per heavy atom. The lowest BCUT2D eigenvalue weighted by Gasteiger charge is -2.00. The van der Waals surface area contributed by atoms with E-state index in [0.717, 1.165) is 6.07 Å². The van der Waals surface area contributed by atoms with Gasteiger partial charge in [-0.05, 0) is 16.7 Å². The van der Waals surface area contributed by atoms with E-state index in [1.165, 1.54) is 6.07 Å². The van der Waals surface area contributed by atoms with Gasteiger partial charge in [0, 0.05) is 11.0 Å². The fraction of sp³-hybridized carbons (Fsp3) is 0.200. The van der Waals surface area contributed by atoms with Gasteiger partial charge < -0.3 is 4.74 Å². The molecule has 0 aliphatic carbocycles. The zero-order chi connectivity index (χ0) is 9.68. The lowest BCUT2D eigenvalue weighted by molar-refractivity contribution is -0.0534. The molecule has 0 aliphatic rings. The van der Waals surface area contributed by atoms with Crippen molar-refractivity contribution in [3.05, 3.63) is 22.6 Å². The van der Waals surface area contributed by atoms with Crippen molar-refractivity contribution in [1.29, 1.82) is 0 Å². The minimum atomic E-state index is -2.94. The summed E-state index contributed by atoms with van der Waals surface area (Å²) < 4.78 is 27.1. The molecule has 0 N–H and O–H groups in total. The van der Waals surface area contributed by atoms with Gasteiger partial charge >= 0.3 is 6.61 Å². The van der Waals surface area contributed by atoms with Crippen molar-refractivity contribution in [2.24, 2.45) is 5.11 Å². The van der Waals surface area contributed by atoms with Crippen LogP contribution in [0.15, 0.2) is 17.2 Å². The van der Waals surface area contributed by atoms with Crippen molar-refractivity contribution < 1.29 is 13.5 Å². The van der Waals surface area contributed by atoms with Crippen LogP contribution in [-0.2, 0) is 0 Å². The topological polar surface area (TPSA) is 83.8 Å². The molecule has 6 nitrogen and oxygen atoms in total. The van der Waals surface area contributed by atoms with E-state index in [9.17, 15) is 8.78 Å². The summed E-state index contributed by atoms with van der Waals surface area (Å²) in [7, 11) is 0. The maximum absolute atomic E-state index is 11.6. The van der Waals surface area contributed by atoms with Crippen LogP contribution in [0.5, 0.6) is 5.88 Å². The molecule has 0 bridgehead atoms. The quantitative estimate of drug-likeness (QED) is 0.412. The molecule has 1 heterocycles. The number of rotatable bonds is 3. The van der Waals surface area contributed by atoms with Gasteiger partial charge in [0.1, 0.15) is 5.82 Å². The highest BCUT2D eigenvalue weighted by atomic mass is 19.3. The number of aromatic nitrogens is 2. The first-order chi connectivity index (χ1) is 6.22. The normalized spacial score (nSPS) is 9.46. The highest BCUT2D eigenvalue weighted by Gasteiger charge is 2.04. The molecule has 0 spiro atoms. The highest BCUT2D eigenvalue weighted by molar-refractivity contribution is 5.26. The van der Waals surface area contributed by atoms with Crippen LogP contribution in [-0.4, -0.2) is 16.8 Å². The van der Waals surface area contributed by atoms with Crippen molar-refractivity contribution in [2.75, 3.05) is 0 Å². The number of alkyl halides is 2. The Bertz CT molecular complexity index is 320. The van der Waals surface area contributed by atoms with Crippen molar-refractivity contribution in [1.82, 2.24) is 10.2 Å². The first-order valence-electron chi connectivity index (χ1n) is 3.06.